The minimum Gasteiger partial charge on any atom is -0.457 e. The predicted octanol–water partition coefficient (Wildman–Crippen LogP) is 5.09. The molecule has 3 aromatic rings. The molecule has 0 radical (unpaired) electrons. The second-order valence-electron chi connectivity index (χ2n) is 7.05. The van der Waals surface area contributed by atoms with Crippen molar-refractivity contribution in [3.05, 3.63) is 88.4 Å². The quantitative estimate of drug-likeness (QED) is 0.341. The number of hydrogen-bond acceptors (Lipinski definition) is 5. The molecule has 7 nitrogen and oxygen atoms in total. The number of nitrogens with zero attached hydrogens (tertiary/aromatic N) is 2. The van der Waals surface area contributed by atoms with Crippen LogP contribution in [0.3, 0.4) is 0 Å². The molecule has 0 heterocycles. The third kappa shape index (κ3) is 6.71. The van der Waals surface area contributed by atoms with Gasteiger partial charge in [-0.15, -0.1) is 0 Å². The van der Waals surface area contributed by atoms with Crippen molar-refractivity contribution < 1.29 is 17.9 Å². The molecule has 3 rings (SSSR count). The Hall–Kier alpha value is -3.07. The molecule has 0 bridgehead atoms. The maximum absolute atomic E-state index is 12.6. The molecular weight excluding hydrogens is 485 g/mol. The molecule has 0 saturated carbocycles. The Morgan fingerprint density at radius 3 is 2.24 bits per heavy atom. The minimum absolute atomic E-state index is 0.314. The number of rotatable bonds is 8. The number of amides is 1. The molecule has 0 aliphatic heterocycles. The minimum atomic E-state index is -3.77. The number of anilines is 1. The van der Waals surface area contributed by atoms with Crippen LogP contribution < -0.4 is 14.5 Å². The molecule has 3 aromatic carbocycles. The monoisotopic (exact) mass is 505 g/mol. The van der Waals surface area contributed by atoms with E-state index in [1.165, 1.54) is 13.1 Å². The van der Waals surface area contributed by atoms with Gasteiger partial charge >= 0.3 is 0 Å². The second kappa shape index (κ2) is 10.7. The van der Waals surface area contributed by atoms with Crippen molar-refractivity contribution in [3.63, 3.8) is 0 Å². The van der Waals surface area contributed by atoms with E-state index in [0.717, 1.165) is 10.6 Å². The lowest BCUT2D eigenvalue weighted by atomic mass is 10.2. The van der Waals surface area contributed by atoms with Gasteiger partial charge in [-0.05, 0) is 61.0 Å². The standard InChI is InChI=1S/C23H21Cl2N3O4S/c1-16(23(29)27-26-15-17-8-13-21(24)22(25)14-17)28(33(2,30)31)18-9-11-20(12-10-18)32-19-6-4-3-5-7-19/h3-16H,1-2H3,(H,27,29)/b26-15-/t16-/m0/s1. The first-order valence-corrected chi connectivity index (χ1v) is 12.4. The molecule has 1 atom stereocenters. The van der Waals surface area contributed by atoms with Crippen molar-refractivity contribution in [2.24, 2.45) is 5.10 Å². The Balaban J connectivity index is 1.73. The molecule has 1 N–H and O–H groups in total. The van der Waals surface area contributed by atoms with E-state index < -0.39 is 22.0 Å². The highest BCUT2D eigenvalue weighted by atomic mass is 35.5. The summed E-state index contributed by atoms with van der Waals surface area (Å²) in [6.07, 6.45) is 2.41. The fraction of sp³-hybridized carbons (Fsp3) is 0.130. The zero-order chi connectivity index (χ0) is 24.0. The van der Waals surface area contributed by atoms with Gasteiger partial charge in [-0.25, -0.2) is 13.8 Å². The van der Waals surface area contributed by atoms with E-state index in [-0.39, 0.29) is 0 Å². The van der Waals surface area contributed by atoms with Crippen LogP contribution in [0.2, 0.25) is 10.0 Å². The predicted molar refractivity (Wildman–Crippen MR) is 132 cm³/mol. The van der Waals surface area contributed by atoms with Crippen LogP contribution in [-0.2, 0) is 14.8 Å². The molecule has 1 amide bonds. The topological polar surface area (TPSA) is 88.1 Å². The maximum atomic E-state index is 12.6. The van der Waals surface area contributed by atoms with Crippen molar-refractivity contribution in [2.75, 3.05) is 10.6 Å². The fourth-order valence-electron chi connectivity index (χ4n) is 2.95. The number of sulfonamides is 1. The largest absolute Gasteiger partial charge is 0.457 e. The van der Waals surface area contributed by atoms with Gasteiger partial charge in [0, 0.05) is 0 Å². The molecule has 0 unspecified atom stereocenters. The summed E-state index contributed by atoms with van der Waals surface area (Å²) in [6, 6.07) is 19.4. The first kappa shape index (κ1) is 24.6. The SMILES string of the molecule is C[C@@H](C(=O)N/N=C\c1ccc(Cl)c(Cl)c1)N(c1ccc(Oc2ccccc2)cc1)S(C)(=O)=O. The number of ether oxygens (including phenoxy) is 1. The van der Waals surface area contributed by atoms with Crippen molar-refractivity contribution in [1.82, 2.24) is 5.43 Å². The summed E-state index contributed by atoms with van der Waals surface area (Å²) in [5.74, 6) is 0.570. The molecule has 10 heteroatoms. The maximum Gasteiger partial charge on any atom is 0.263 e. The molecule has 0 fully saturated rings. The van der Waals surface area contributed by atoms with Gasteiger partial charge in [-0.3, -0.25) is 9.10 Å². The zero-order valence-electron chi connectivity index (χ0n) is 17.8. The normalized spacial score (nSPS) is 12.4. The van der Waals surface area contributed by atoms with E-state index >= 15 is 0 Å². The van der Waals surface area contributed by atoms with Crippen LogP contribution in [0.15, 0.2) is 77.9 Å². The summed E-state index contributed by atoms with van der Waals surface area (Å²) < 4.78 is 31.7. The number of para-hydroxylation sites is 1. The Kier molecular flexibility index (Phi) is 7.97. The number of carbonyl (C=O) groups is 1. The van der Waals surface area contributed by atoms with Gasteiger partial charge in [0.2, 0.25) is 10.0 Å². The van der Waals surface area contributed by atoms with E-state index in [1.807, 2.05) is 30.3 Å². The molecular formula is C23H21Cl2N3O4S. The number of carbonyl (C=O) groups excluding carboxylic acids is 1. The Morgan fingerprint density at radius 2 is 1.64 bits per heavy atom. The Morgan fingerprint density at radius 1 is 1.00 bits per heavy atom. The number of halogens is 2. The summed E-state index contributed by atoms with van der Waals surface area (Å²) in [7, 11) is -3.77. The molecule has 172 valence electrons. The lowest BCUT2D eigenvalue weighted by Gasteiger charge is -2.27. The van der Waals surface area contributed by atoms with Crippen molar-refractivity contribution in [3.8, 4) is 11.5 Å². The summed E-state index contributed by atoms with van der Waals surface area (Å²) >= 11 is 11.8. The van der Waals surface area contributed by atoms with Gasteiger partial charge in [0.1, 0.15) is 17.5 Å². The first-order valence-electron chi connectivity index (χ1n) is 9.75. The molecule has 0 aliphatic rings. The molecule has 0 aliphatic carbocycles. The van der Waals surface area contributed by atoms with Gasteiger partial charge in [-0.2, -0.15) is 5.10 Å². The smallest absolute Gasteiger partial charge is 0.263 e. The third-order valence-electron chi connectivity index (χ3n) is 4.49. The van der Waals surface area contributed by atoms with Crippen LogP contribution >= 0.6 is 23.2 Å². The number of hydrazone groups is 1. The van der Waals surface area contributed by atoms with Crippen LogP contribution in [0.1, 0.15) is 12.5 Å². The van der Waals surface area contributed by atoms with Crippen LogP contribution in [0.4, 0.5) is 5.69 Å². The van der Waals surface area contributed by atoms with E-state index in [2.05, 4.69) is 10.5 Å². The average Bonchev–Trinajstić information content (AvgIpc) is 2.77. The van der Waals surface area contributed by atoms with E-state index in [4.69, 9.17) is 27.9 Å². The van der Waals surface area contributed by atoms with Crippen LogP contribution in [0.5, 0.6) is 11.5 Å². The van der Waals surface area contributed by atoms with Crippen molar-refractivity contribution in [1.29, 1.82) is 0 Å². The zero-order valence-corrected chi connectivity index (χ0v) is 20.1. The summed E-state index contributed by atoms with van der Waals surface area (Å²) in [5, 5.41) is 4.63. The third-order valence-corrected chi connectivity index (χ3v) is 6.47. The van der Waals surface area contributed by atoms with Gasteiger partial charge in [0.05, 0.1) is 28.2 Å². The summed E-state index contributed by atoms with van der Waals surface area (Å²) in [4.78, 5) is 12.6. The van der Waals surface area contributed by atoms with Crippen LogP contribution in [0, 0.1) is 0 Å². The highest BCUT2D eigenvalue weighted by molar-refractivity contribution is 7.92. The van der Waals surface area contributed by atoms with Crippen LogP contribution in [0.25, 0.3) is 0 Å². The molecule has 0 saturated heterocycles. The fourth-order valence-corrected chi connectivity index (χ4v) is 4.43. The average molecular weight is 506 g/mol. The number of benzene rings is 3. The van der Waals surface area contributed by atoms with E-state index in [1.54, 1.807) is 42.5 Å². The lowest BCUT2D eigenvalue weighted by Crippen LogP contribution is -2.46. The number of hydrogen-bond donors (Lipinski definition) is 1. The van der Waals surface area contributed by atoms with E-state index in [9.17, 15) is 13.2 Å². The Bertz CT molecular complexity index is 1250. The lowest BCUT2D eigenvalue weighted by molar-refractivity contribution is -0.121. The summed E-state index contributed by atoms with van der Waals surface area (Å²) in [6.45, 7) is 1.47. The molecule has 0 spiro atoms. The highest BCUT2D eigenvalue weighted by Gasteiger charge is 2.29. The van der Waals surface area contributed by atoms with Crippen molar-refractivity contribution >= 4 is 51.0 Å². The van der Waals surface area contributed by atoms with E-state index in [0.29, 0.717) is 32.8 Å². The van der Waals surface area contributed by atoms with Crippen LogP contribution in [-0.4, -0.2) is 32.8 Å². The summed E-state index contributed by atoms with van der Waals surface area (Å²) in [5.41, 5.74) is 3.29. The second-order valence-corrected chi connectivity index (χ2v) is 9.73. The Labute approximate surface area is 202 Å². The van der Waals surface area contributed by atoms with Gasteiger partial charge in [0.15, 0.2) is 0 Å². The first-order chi connectivity index (χ1) is 15.6. The van der Waals surface area contributed by atoms with Gasteiger partial charge in [-0.1, -0.05) is 47.5 Å². The van der Waals surface area contributed by atoms with Crippen molar-refractivity contribution in [2.45, 2.75) is 13.0 Å². The molecule has 0 aromatic heterocycles. The molecule has 33 heavy (non-hydrogen) atoms. The highest BCUT2D eigenvalue weighted by Crippen LogP contribution is 2.27. The number of nitrogens with one attached hydrogen (secondary N) is 1. The van der Waals surface area contributed by atoms with Gasteiger partial charge < -0.3 is 4.74 Å². The van der Waals surface area contributed by atoms with Gasteiger partial charge in [0.25, 0.3) is 5.91 Å².